The molecule has 1 aliphatic heterocycles. The van der Waals surface area contributed by atoms with E-state index in [1.807, 2.05) is 4.90 Å². The fourth-order valence-corrected chi connectivity index (χ4v) is 2.60. The van der Waals surface area contributed by atoms with Crippen LogP contribution in [0, 0.1) is 6.92 Å². The first kappa shape index (κ1) is 10.4. The molecule has 1 aromatic carbocycles. The Morgan fingerprint density at radius 3 is 3.00 bits per heavy atom. The Balaban J connectivity index is 2.13. The highest BCUT2D eigenvalue weighted by atomic mass is 16.2. The third-order valence-electron chi connectivity index (χ3n) is 3.58. The summed E-state index contributed by atoms with van der Waals surface area (Å²) in [6.07, 6.45) is 0.933. The van der Waals surface area contributed by atoms with E-state index in [0.717, 1.165) is 19.5 Å². The second-order valence-corrected chi connectivity index (χ2v) is 4.82. The minimum Gasteiger partial charge on any atom is -0.358 e. The Bertz CT molecular complexity index is 598. The van der Waals surface area contributed by atoms with Gasteiger partial charge < -0.3 is 9.88 Å². The van der Waals surface area contributed by atoms with Gasteiger partial charge in [-0.25, -0.2) is 0 Å². The Hall–Kier alpha value is -1.77. The summed E-state index contributed by atoms with van der Waals surface area (Å²) in [5.74, 6) is 0.164. The molecule has 0 atom stereocenters. The lowest BCUT2D eigenvalue weighted by Gasteiger charge is -2.26. The van der Waals surface area contributed by atoms with Crippen molar-refractivity contribution in [3.8, 4) is 0 Å². The number of amides is 1. The predicted molar refractivity (Wildman–Crippen MR) is 67.8 cm³/mol. The largest absolute Gasteiger partial charge is 0.358 e. The monoisotopic (exact) mass is 228 g/mol. The van der Waals surface area contributed by atoms with Crippen molar-refractivity contribution in [1.29, 1.82) is 0 Å². The molecule has 0 spiro atoms. The van der Waals surface area contributed by atoms with Crippen LogP contribution in [0.1, 0.15) is 23.7 Å². The second kappa shape index (κ2) is 3.62. The van der Waals surface area contributed by atoms with Crippen LogP contribution in [0.2, 0.25) is 0 Å². The van der Waals surface area contributed by atoms with Gasteiger partial charge in [-0.2, -0.15) is 0 Å². The van der Waals surface area contributed by atoms with E-state index in [-0.39, 0.29) is 5.91 Å². The Morgan fingerprint density at radius 1 is 1.41 bits per heavy atom. The summed E-state index contributed by atoms with van der Waals surface area (Å²) in [6, 6.07) is 6.45. The molecule has 0 saturated heterocycles. The molecular formula is C14H16N2O. The van der Waals surface area contributed by atoms with Crippen LogP contribution in [-0.4, -0.2) is 22.3 Å². The average molecular weight is 228 g/mol. The van der Waals surface area contributed by atoms with Crippen LogP contribution in [0.15, 0.2) is 18.2 Å². The van der Waals surface area contributed by atoms with Gasteiger partial charge >= 0.3 is 0 Å². The number of carbonyl (C=O) groups excluding carboxylic acids is 1. The lowest BCUT2D eigenvalue weighted by Crippen LogP contribution is -2.33. The Morgan fingerprint density at radius 2 is 2.24 bits per heavy atom. The second-order valence-electron chi connectivity index (χ2n) is 4.82. The summed E-state index contributed by atoms with van der Waals surface area (Å²) in [4.78, 5) is 16.8. The molecule has 3 nitrogen and oxygen atoms in total. The summed E-state index contributed by atoms with van der Waals surface area (Å²) < 4.78 is 0. The minimum atomic E-state index is 0.164. The highest BCUT2D eigenvalue weighted by molar-refractivity contribution is 5.86. The van der Waals surface area contributed by atoms with Crippen LogP contribution < -0.4 is 0 Å². The first-order chi connectivity index (χ1) is 8.15. The molecule has 3 heteroatoms. The molecule has 0 bridgehead atoms. The van der Waals surface area contributed by atoms with Gasteiger partial charge in [0.15, 0.2) is 0 Å². The Labute approximate surface area is 100 Å². The summed E-state index contributed by atoms with van der Waals surface area (Å²) >= 11 is 0. The number of carbonyl (C=O) groups is 1. The molecular weight excluding hydrogens is 212 g/mol. The molecule has 1 amide bonds. The molecule has 2 aromatic rings. The molecule has 0 aliphatic carbocycles. The summed E-state index contributed by atoms with van der Waals surface area (Å²) in [5.41, 5.74) is 5.04. The lowest BCUT2D eigenvalue weighted by atomic mass is 10.0. The van der Waals surface area contributed by atoms with Crippen molar-refractivity contribution in [2.24, 2.45) is 0 Å². The number of hydrogen-bond donors (Lipinski definition) is 1. The highest BCUT2D eigenvalue weighted by Crippen LogP contribution is 2.28. The summed E-state index contributed by atoms with van der Waals surface area (Å²) in [5, 5.41) is 1.27. The molecule has 2 heterocycles. The highest BCUT2D eigenvalue weighted by Gasteiger charge is 2.21. The Kier molecular flexibility index (Phi) is 2.21. The maximum absolute atomic E-state index is 11.4. The minimum absolute atomic E-state index is 0.164. The predicted octanol–water partition coefficient (Wildman–Crippen LogP) is 2.38. The van der Waals surface area contributed by atoms with Crippen molar-refractivity contribution in [2.75, 3.05) is 6.54 Å². The van der Waals surface area contributed by atoms with Crippen molar-refractivity contribution in [2.45, 2.75) is 26.8 Å². The number of aromatic amines is 1. The van der Waals surface area contributed by atoms with Gasteiger partial charge in [-0.3, -0.25) is 4.79 Å². The van der Waals surface area contributed by atoms with E-state index in [1.54, 1.807) is 6.92 Å². The molecule has 0 fully saturated rings. The zero-order valence-corrected chi connectivity index (χ0v) is 10.2. The van der Waals surface area contributed by atoms with E-state index in [2.05, 4.69) is 30.1 Å². The van der Waals surface area contributed by atoms with Crippen LogP contribution in [-0.2, 0) is 17.8 Å². The van der Waals surface area contributed by atoms with Crippen molar-refractivity contribution >= 4 is 16.8 Å². The van der Waals surface area contributed by atoms with Crippen LogP contribution >= 0.6 is 0 Å². The number of nitrogens with one attached hydrogen (secondary N) is 1. The van der Waals surface area contributed by atoms with Gasteiger partial charge in [-0.15, -0.1) is 0 Å². The number of hydrogen-bond acceptors (Lipinski definition) is 1. The van der Waals surface area contributed by atoms with E-state index in [1.165, 1.54) is 27.7 Å². The van der Waals surface area contributed by atoms with Crippen molar-refractivity contribution in [1.82, 2.24) is 9.88 Å². The smallest absolute Gasteiger partial charge is 0.219 e. The first-order valence-electron chi connectivity index (χ1n) is 6.01. The maximum atomic E-state index is 11.4. The molecule has 17 heavy (non-hydrogen) atoms. The summed E-state index contributed by atoms with van der Waals surface area (Å²) in [6.45, 7) is 5.32. The van der Waals surface area contributed by atoms with Crippen LogP contribution in [0.5, 0.6) is 0 Å². The van der Waals surface area contributed by atoms with E-state index in [0.29, 0.717) is 0 Å². The van der Waals surface area contributed by atoms with Crippen LogP contribution in [0.25, 0.3) is 10.9 Å². The average Bonchev–Trinajstić information content (AvgIpc) is 2.66. The molecule has 88 valence electrons. The number of aromatic nitrogens is 1. The van der Waals surface area contributed by atoms with Crippen LogP contribution in [0.3, 0.4) is 0 Å². The molecule has 0 radical (unpaired) electrons. The van der Waals surface area contributed by atoms with Gasteiger partial charge in [-0.05, 0) is 19.1 Å². The van der Waals surface area contributed by atoms with Gasteiger partial charge in [0.05, 0.1) is 0 Å². The van der Waals surface area contributed by atoms with Gasteiger partial charge in [0.2, 0.25) is 5.91 Å². The molecule has 3 rings (SSSR count). The van der Waals surface area contributed by atoms with Gasteiger partial charge in [-0.1, -0.05) is 11.6 Å². The van der Waals surface area contributed by atoms with E-state index in [4.69, 9.17) is 0 Å². The molecule has 0 unspecified atom stereocenters. The molecule has 1 aromatic heterocycles. The molecule has 1 aliphatic rings. The standard InChI is InChI=1S/C14H16N2O/c1-9-3-4-13-11(7-9)12-8-16(10(2)17)6-5-14(12)15-13/h3-4,7,15H,5-6,8H2,1-2H3. The lowest BCUT2D eigenvalue weighted by molar-refractivity contribution is -0.129. The third-order valence-corrected chi connectivity index (χ3v) is 3.58. The van der Waals surface area contributed by atoms with Crippen molar-refractivity contribution < 1.29 is 4.79 Å². The van der Waals surface area contributed by atoms with Crippen molar-refractivity contribution in [3.63, 3.8) is 0 Å². The maximum Gasteiger partial charge on any atom is 0.219 e. The fraction of sp³-hybridized carbons (Fsp3) is 0.357. The van der Waals surface area contributed by atoms with E-state index < -0.39 is 0 Å². The number of rotatable bonds is 0. The number of aryl methyl sites for hydroxylation is 1. The number of fused-ring (bicyclic) bond motifs is 3. The van der Waals surface area contributed by atoms with Crippen molar-refractivity contribution in [3.05, 3.63) is 35.0 Å². The quantitative estimate of drug-likeness (QED) is 0.738. The summed E-state index contributed by atoms with van der Waals surface area (Å²) in [7, 11) is 0. The van der Waals surface area contributed by atoms with E-state index >= 15 is 0 Å². The fourth-order valence-electron chi connectivity index (χ4n) is 2.60. The number of H-pyrrole nitrogens is 1. The van der Waals surface area contributed by atoms with E-state index in [9.17, 15) is 4.79 Å². The molecule has 1 N–H and O–H groups in total. The third kappa shape index (κ3) is 1.62. The van der Waals surface area contributed by atoms with Gasteiger partial charge in [0.1, 0.15) is 0 Å². The number of nitrogens with zero attached hydrogens (tertiary/aromatic N) is 1. The normalized spacial score (nSPS) is 15.1. The van der Waals surface area contributed by atoms with Gasteiger partial charge in [0.25, 0.3) is 0 Å². The number of benzene rings is 1. The zero-order valence-electron chi connectivity index (χ0n) is 10.2. The van der Waals surface area contributed by atoms with Gasteiger partial charge in [0, 0.05) is 48.6 Å². The topological polar surface area (TPSA) is 36.1 Å². The SMILES string of the molecule is CC(=O)N1CCc2[nH]c3ccc(C)cc3c2C1. The van der Waals surface area contributed by atoms with Crippen LogP contribution in [0.4, 0.5) is 0 Å². The molecule has 0 saturated carbocycles. The first-order valence-corrected chi connectivity index (χ1v) is 6.01. The zero-order chi connectivity index (χ0) is 12.0.